The van der Waals surface area contributed by atoms with Crippen LogP contribution in [0.1, 0.15) is 0 Å². The third-order valence-electron chi connectivity index (χ3n) is 3.90. The normalized spacial score (nSPS) is 12.0. The molecule has 0 fully saturated rings. The number of benzene rings is 1. The van der Waals surface area contributed by atoms with Gasteiger partial charge in [0.25, 0.3) is 0 Å². The van der Waals surface area contributed by atoms with E-state index in [1.165, 1.54) is 0 Å². The summed E-state index contributed by atoms with van der Waals surface area (Å²) in [5.41, 5.74) is 3.93. The molecule has 1 aliphatic rings. The Morgan fingerprint density at radius 2 is 1.72 bits per heavy atom. The smallest absolute Gasteiger partial charge is 0.231 e. The van der Waals surface area contributed by atoms with Gasteiger partial charge >= 0.3 is 0 Å². The molecule has 2 N–H and O–H groups in total. The fourth-order valence-corrected chi connectivity index (χ4v) is 2.70. The van der Waals surface area contributed by atoms with Gasteiger partial charge in [-0.2, -0.15) is 0 Å². The summed E-state index contributed by atoms with van der Waals surface area (Å²) in [6.07, 6.45) is 5.34. The molecule has 3 aromatic rings. The molecule has 0 unspecified atom stereocenters. The fraction of sp³-hybridized carbons (Fsp3) is 0.158. The molecule has 0 spiro atoms. The summed E-state index contributed by atoms with van der Waals surface area (Å²) in [6, 6.07) is 13.7. The number of hydrogen-bond donors (Lipinski definition) is 2. The molecule has 0 radical (unpaired) electrons. The maximum absolute atomic E-state index is 5.46. The van der Waals surface area contributed by atoms with Crippen molar-refractivity contribution < 1.29 is 9.47 Å². The summed E-state index contributed by atoms with van der Waals surface area (Å²) in [7, 11) is 0. The predicted molar refractivity (Wildman–Crippen MR) is 97.0 cm³/mol. The van der Waals surface area contributed by atoms with Crippen LogP contribution >= 0.6 is 0 Å². The Hall–Kier alpha value is -3.28. The average molecular weight is 334 g/mol. The van der Waals surface area contributed by atoms with Crippen LogP contribution in [0.5, 0.6) is 11.5 Å². The van der Waals surface area contributed by atoms with E-state index in [0.717, 1.165) is 47.2 Å². The van der Waals surface area contributed by atoms with Crippen LogP contribution in [-0.2, 0) is 0 Å². The Morgan fingerprint density at radius 1 is 0.880 bits per heavy atom. The van der Waals surface area contributed by atoms with E-state index in [0.29, 0.717) is 0 Å². The van der Waals surface area contributed by atoms with Gasteiger partial charge in [-0.1, -0.05) is 0 Å². The largest absolute Gasteiger partial charge is 0.454 e. The maximum Gasteiger partial charge on any atom is 0.231 e. The lowest BCUT2D eigenvalue weighted by molar-refractivity contribution is 0.174. The molecular weight excluding hydrogens is 316 g/mol. The van der Waals surface area contributed by atoms with E-state index in [4.69, 9.17) is 9.47 Å². The van der Waals surface area contributed by atoms with Gasteiger partial charge in [0.05, 0.1) is 11.4 Å². The first-order chi connectivity index (χ1) is 12.4. The Balaban J connectivity index is 1.44. The Bertz CT molecular complexity index is 855. The number of pyridine rings is 2. The number of ether oxygens (including phenoxy) is 2. The third kappa shape index (κ3) is 3.47. The van der Waals surface area contributed by atoms with Crippen LogP contribution in [0.2, 0.25) is 0 Å². The molecule has 2 aromatic heterocycles. The number of hydrogen-bond acceptors (Lipinski definition) is 6. The van der Waals surface area contributed by atoms with Gasteiger partial charge < -0.3 is 20.1 Å². The third-order valence-corrected chi connectivity index (χ3v) is 3.90. The molecular formula is C19H18N4O2. The second-order valence-corrected chi connectivity index (χ2v) is 5.56. The van der Waals surface area contributed by atoms with Crippen LogP contribution in [0.3, 0.4) is 0 Å². The van der Waals surface area contributed by atoms with Crippen LogP contribution in [0.25, 0.3) is 11.3 Å². The molecule has 6 heteroatoms. The molecule has 0 saturated heterocycles. The summed E-state index contributed by atoms with van der Waals surface area (Å²) in [4.78, 5) is 8.53. The highest BCUT2D eigenvalue weighted by Gasteiger charge is 2.15. The second kappa shape index (κ2) is 7.09. The SMILES string of the molecule is c1cnc(-c2ccc3c(c2)OCO3)c(NCCNc2ccncc2)c1. The van der Waals surface area contributed by atoms with Gasteiger partial charge in [-0.05, 0) is 42.5 Å². The van der Waals surface area contributed by atoms with Crippen molar-refractivity contribution in [2.45, 2.75) is 0 Å². The zero-order valence-corrected chi connectivity index (χ0v) is 13.6. The van der Waals surface area contributed by atoms with Gasteiger partial charge in [0.15, 0.2) is 11.5 Å². The van der Waals surface area contributed by atoms with Crippen molar-refractivity contribution >= 4 is 11.4 Å². The molecule has 1 aromatic carbocycles. The van der Waals surface area contributed by atoms with Crippen LogP contribution in [0, 0.1) is 0 Å². The summed E-state index contributed by atoms with van der Waals surface area (Å²) < 4.78 is 10.8. The van der Waals surface area contributed by atoms with Crippen molar-refractivity contribution in [3.05, 3.63) is 61.1 Å². The molecule has 3 heterocycles. The molecule has 0 atom stereocenters. The zero-order valence-electron chi connectivity index (χ0n) is 13.6. The summed E-state index contributed by atoms with van der Waals surface area (Å²) in [6.45, 7) is 1.83. The summed E-state index contributed by atoms with van der Waals surface area (Å²) in [5, 5.41) is 6.79. The van der Waals surface area contributed by atoms with Gasteiger partial charge in [-0.3, -0.25) is 9.97 Å². The molecule has 0 saturated carbocycles. The highest BCUT2D eigenvalue weighted by molar-refractivity contribution is 5.76. The van der Waals surface area contributed by atoms with Gasteiger partial charge in [-0.15, -0.1) is 0 Å². The molecule has 4 rings (SSSR count). The lowest BCUT2D eigenvalue weighted by atomic mass is 10.1. The molecule has 25 heavy (non-hydrogen) atoms. The van der Waals surface area contributed by atoms with E-state index < -0.39 is 0 Å². The van der Waals surface area contributed by atoms with Gasteiger partial charge in [0.1, 0.15) is 0 Å². The van der Waals surface area contributed by atoms with E-state index in [-0.39, 0.29) is 6.79 Å². The number of nitrogens with zero attached hydrogens (tertiary/aromatic N) is 2. The second-order valence-electron chi connectivity index (χ2n) is 5.56. The number of anilines is 2. The topological polar surface area (TPSA) is 68.3 Å². The quantitative estimate of drug-likeness (QED) is 0.674. The van der Waals surface area contributed by atoms with Crippen molar-refractivity contribution in [3.63, 3.8) is 0 Å². The number of fused-ring (bicyclic) bond motifs is 1. The fourth-order valence-electron chi connectivity index (χ4n) is 2.70. The molecule has 0 amide bonds. The van der Waals surface area contributed by atoms with Crippen molar-refractivity contribution in [1.29, 1.82) is 0 Å². The lowest BCUT2D eigenvalue weighted by Crippen LogP contribution is -2.14. The average Bonchev–Trinajstić information content (AvgIpc) is 3.14. The molecule has 6 nitrogen and oxygen atoms in total. The summed E-state index contributed by atoms with van der Waals surface area (Å²) in [5.74, 6) is 1.53. The van der Waals surface area contributed by atoms with E-state index >= 15 is 0 Å². The minimum absolute atomic E-state index is 0.271. The van der Waals surface area contributed by atoms with Gasteiger partial charge in [0.2, 0.25) is 6.79 Å². The standard InChI is InChI=1S/C19H18N4O2/c1-2-16(22-11-10-21-15-5-8-20-9-6-15)19(23-7-1)14-3-4-17-18(12-14)25-13-24-17/h1-9,12,22H,10-11,13H2,(H,20,21). The minimum atomic E-state index is 0.271. The lowest BCUT2D eigenvalue weighted by Gasteiger charge is -2.12. The number of nitrogens with one attached hydrogen (secondary N) is 2. The van der Waals surface area contributed by atoms with Gasteiger partial charge in [0, 0.05) is 42.9 Å². The Kier molecular flexibility index (Phi) is 4.33. The van der Waals surface area contributed by atoms with Crippen LogP contribution < -0.4 is 20.1 Å². The zero-order chi connectivity index (χ0) is 16.9. The minimum Gasteiger partial charge on any atom is -0.454 e. The van der Waals surface area contributed by atoms with Crippen molar-refractivity contribution in [2.75, 3.05) is 30.5 Å². The van der Waals surface area contributed by atoms with Crippen LogP contribution in [-0.4, -0.2) is 29.9 Å². The highest BCUT2D eigenvalue weighted by Crippen LogP contribution is 2.37. The first-order valence-electron chi connectivity index (χ1n) is 8.13. The predicted octanol–water partition coefficient (Wildman–Crippen LogP) is 3.40. The number of aromatic nitrogens is 2. The van der Waals surface area contributed by atoms with E-state index in [1.54, 1.807) is 18.6 Å². The molecule has 0 bridgehead atoms. The maximum atomic E-state index is 5.46. The first kappa shape index (κ1) is 15.3. The summed E-state index contributed by atoms with van der Waals surface area (Å²) >= 11 is 0. The van der Waals surface area contributed by atoms with Crippen LogP contribution in [0.4, 0.5) is 11.4 Å². The van der Waals surface area contributed by atoms with Crippen molar-refractivity contribution in [2.24, 2.45) is 0 Å². The highest BCUT2D eigenvalue weighted by atomic mass is 16.7. The van der Waals surface area contributed by atoms with Gasteiger partial charge in [-0.25, -0.2) is 0 Å². The van der Waals surface area contributed by atoms with Crippen LogP contribution in [0.15, 0.2) is 61.1 Å². The monoisotopic (exact) mass is 334 g/mol. The van der Waals surface area contributed by atoms with Crippen molar-refractivity contribution in [3.8, 4) is 22.8 Å². The number of rotatable bonds is 6. The first-order valence-corrected chi connectivity index (χ1v) is 8.13. The molecule has 1 aliphatic heterocycles. The Labute approximate surface area is 145 Å². The molecule has 0 aliphatic carbocycles. The van der Waals surface area contributed by atoms with Crippen molar-refractivity contribution in [1.82, 2.24) is 9.97 Å². The molecule has 126 valence electrons. The Morgan fingerprint density at radius 3 is 2.64 bits per heavy atom. The van der Waals surface area contributed by atoms with E-state index in [9.17, 15) is 0 Å². The van der Waals surface area contributed by atoms with E-state index in [1.807, 2.05) is 42.5 Å². The van der Waals surface area contributed by atoms with E-state index in [2.05, 4.69) is 20.6 Å².